The van der Waals surface area contributed by atoms with E-state index in [1.54, 1.807) is 0 Å². The third kappa shape index (κ3) is 2.59. The van der Waals surface area contributed by atoms with Crippen molar-refractivity contribution in [3.8, 4) is 0 Å². The highest BCUT2D eigenvalue weighted by atomic mass is 19.4. The van der Waals surface area contributed by atoms with Crippen molar-refractivity contribution in [3.63, 3.8) is 0 Å². The largest absolute Gasteiger partial charge is 0.440 e. The SMILES string of the molecule is CCOC(N1CCCCC1)(C(F)(F)F)C(F)(F)F. The van der Waals surface area contributed by atoms with Crippen LogP contribution in [0.1, 0.15) is 26.2 Å². The third-order valence-corrected chi connectivity index (χ3v) is 2.92. The molecule has 0 aliphatic carbocycles. The predicted molar refractivity (Wildman–Crippen MR) is 51.9 cm³/mol. The fraction of sp³-hybridized carbons (Fsp3) is 1.00. The van der Waals surface area contributed by atoms with Crippen LogP contribution >= 0.6 is 0 Å². The maximum Gasteiger partial charge on any atom is 0.440 e. The molecule has 1 saturated heterocycles. The van der Waals surface area contributed by atoms with Crippen molar-refractivity contribution in [2.24, 2.45) is 0 Å². The molecule has 0 atom stereocenters. The predicted octanol–water partition coefficient (Wildman–Crippen LogP) is 3.33. The van der Waals surface area contributed by atoms with Gasteiger partial charge in [-0.15, -0.1) is 0 Å². The highest BCUT2D eigenvalue weighted by molar-refractivity contribution is 4.96. The molecular weight excluding hydrogens is 264 g/mol. The summed E-state index contributed by atoms with van der Waals surface area (Å²) in [6.45, 7) is -0.0657. The van der Waals surface area contributed by atoms with Crippen LogP contribution in [0.25, 0.3) is 0 Å². The van der Waals surface area contributed by atoms with Gasteiger partial charge in [-0.25, -0.2) is 0 Å². The van der Waals surface area contributed by atoms with Crippen LogP contribution in [-0.2, 0) is 4.74 Å². The van der Waals surface area contributed by atoms with Gasteiger partial charge >= 0.3 is 18.1 Å². The normalized spacial score (nSPS) is 20.2. The highest BCUT2D eigenvalue weighted by Gasteiger charge is 2.75. The Kier molecular flexibility index (Phi) is 4.53. The zero-order chi connectivity index (χ0) is 14.0. The molecule has 0 bridgehead atoms. The van der Waals surface area contributed by atoms with Gasteiger partial charge in [-0.3, -0.25) is 4.90 Å². The summed E-state index contributed by atoms with van der Waals surface area (Å²) in [6, 6.07) is 0. The van der Waals surface area contributed by atoms with Crippen LogP contribution in [0, 0.1) is 0 Å². The van der Waals surface area contributed by atoms with Gasteiger partial charge in [0.1, 0.15) is 0 Å². The molecule has 108 valence electrons. The smallest absolute Gasteiger partial charge is 0.345 e. The Labute approximate surface area is 101 Å². The molecule has 18 heavy (non-hydrogen) atoms. The van der Waals surface area contributed by atoms with E-state index in [0.717, 1.165) is 6.92 Å². The monoisotopic (exact) mass is 279 g/mol. The number of hydrogen-bond donors (Lipinski definition) is 0. The van der Waals surface area contributed by atoms with Crippen molar-refractivity contribution >= 4 is 0 Å². The summed E-state index contributed by atoms with van der Waals surface area (Å²) in [6.07, 6.45) is -9.78. The number of nitrogens with zero attached hydrogens (tertiary/aromatic N) is 1. The van der Waals surface area contributed by atoms with Crippen LogP contribution in [0.4, 0.5) is 26.3 Å². The van der Waals surface area contributed by atoms with Crippen molar-refractivity contribution < 1.29 is 31.1 Å². The second-order valence-corrected chi connectivity index (χ2v) is 4.12. The number of alkyl halides is 6. The second-order valence-electron chi connectivity index (χ2n) is 4.12. The molecule has 0 radical (unpaired) electrons. The summed E-state index contributed by atoms with van der Waals surface area (Å²) in [4.78, 5) is 0.361. The lowest BCUT2D eigenvalue weighted by Gasteiger charge is -2.46. The minimum atomic E-state index is -5.52. The van der Waals surface area contributed by atoms with Crippen LogP contribution in [-0.4, -0.2) is 42.7 Å². The molecule has 0 aromatic carbocycles. The van der Waals surface area contributed by atoms with Crippen molar-refractivity contribution in [2.75, 3.05) is 19.7 Å². The van der Waals surface area contributed by atoms with Gasteiger partial charge in [0.05, 0.1) is 0 Å². The number of likely N-dealkylation sites (tertiary alicyclic amines) is 1. The number of hydrogen-bond acceptors (Lipinski definition) is 2. The molecule has 1 fully saturated rings. The average molecular weight is 279 g/mol. The lowest BCUT2D eigenvalue weighted by Crippen LogP contribution is -2.69. The molecule has 1 heterocycles. The maximum atomic E-state index is 13.0. The van der Waals surface area contributed by atoms with Crippen LogP contribution in [0.3, 0.4) is 0 Å². The van der Waals surface area contributed by atoms with Gasteiger partial charge in [0.25, 0.3) is 0 Å². The molecule has 1 aliphatic heterocycles. The van der Waals surface area contributed by atoms with E-state index in [2.05, 4.69) is 4.74 Å². The summed E-state index contributed by atoms with van der Waals surface area (Å²) >= 11 is 0. The highest BCUT2D eigenvalue weighted by Crippen LogP contribution is 2.48. The van der Waals surface area contributed by atoms with E-state index < -0.39 is 24.7 Å². The Morgan fingerprint density at radius 2 is 1.33 bits per heavy atom. The number of ether oxygens (including phenoxy) is 1. The molecule has 0 saturated carbocycles. The minimum absolute atomic E-state index is 0.265. The van der Waals surface area contributed by atoms with Crippen molar-refractivity contribution in [1.82, 2.24) is 4.90 Å². The van der Waals surface area contributed by atoms with Gasteiger partial charge in [-0.1, -0.05) is 6.42 Å². The molecule has 0 aromatic rings. The summed E-state index contributed by atoms with van der Waals surface area (Å²) < 4.78 is 81.9. The van der Waals surface area contributed by atoms with Crippen molar-refractivity contribution in [3.05, 3.63) is 0 Å². The van der Waals surface area contributed by atoms with Gasteiger partial charge in [0.15, 0.2) is 0 Å². The first-order chi connectivity index (χ1) is 8.17. The number of rotatable bonds is 3. The Morgan fingerprint density at radius 1 is 0.889 bits per heavy atom. The topological polar surface area (TPSA) is 12.5 Å². The van der Waals surface area contributed by atoms with E-state index in [-0.39, 0.29) is 13.1 Å². The molecular formula is C10H15F6NO. The Bertz CT molecular complexity index is 255. The lowest BCUT2D eigenvalue weighted by molar-refractivity contribution is -0.428. The lowest BCUT2D eigenvalue weighted by atomic mass is 10.0. The summed E-state index contributed by atoms with van der Waals surface area (Å²) in [5, 5.41) is 0. The zero-order valence-corrected chi connectivity index (χ0v) is 9.87. The Balaban J connectivity index is 3.19. The summed E-state index contributed by atoms with van der Waals surface area (Å²) in [7, 11) is 0. The molecule has 2 nitrogen and oxygen atoms in total. The van der Waals surface area contributed by atoms with Gasteiger partial charge in [0.2, 0.25) is 0 Å². The number of halogens is 6. The van der Waals surface area contributed by atoms with Crippen LogP contribution < -0.4 is 0 Å². The molecule has 0 unspecified atom stereocenters. The minimum Gasteiger partial charge on any atom is -0.345 e. The molecule has 0 amide bonds. The molecule has 0 spiro atoms. The quantitative estimate of drug-likeness (QED) is 0.735. The third-order valence-electron chi connectivity index (χ3n) is 2.92. The van der Waals surface area contributed by atoms with E-state index in [1.165, 1.54) is 0 Å². The van der Waals surface area contributed by atoms with Crippen LogP contribution in [0.2, 0.25) is 0 Å². The van der Waals surface area contributed by atoms with Crippen LogP contribution in [0.5, 0.6) is 0 Å². The van der Waals surface area contributed by atoms with Gasteiger partial charge in [-0.05, 0) is 19.8 Å². The van der Waals surface area contributed by atoms with E-state index in [1.807, 2.05) is 0 Å². The zero-order valence-electron chi connectivity index (χ0n) is 9.87. The van der Waals surface area contributed by atoms with Crippen molar-refractivity contribution in [1.29, 1.82) is 0 Å². The second kappa shape index (κ2) is 5.24. The first kappa shape index (κ1) is 15.6. The maximum absolute atomic E-state index is 13.0. The summed E-state index contributed by atoms with van der Waals surface area (Å²) in [5.41, 5.74) is -4.17. The van der Waals surface area contributed by atoms with Gasteiger partial charge in [-0.2, -0.15) is 26.3 Å². The van der Waals surface area contributed by atoms with Gasteiger partial charge < -0.3 is 4.74 Å². The molecule has 8 heteroatoms. The average Bonchev–Trinajstić information content (AvgIpc) is 2.23. The fourth-order valence-corrected chi connectivity index (χ4v) is 2.19. The molecule has 0 aromatic heterocycles. The van der Waals surface area contributed by atoms with E-state index in [4.69, 9.17) is 0 Å². The van der Waals surface area contributed by atoms with Gasteiger partial charge in [0, 0.05) is 19.7 Å². The summed E-state index contributed by atoms with van der Waals surface area (Å²) in [5.74, 6) is 0. The fourth-order valence-electron chi connectivity index (χ4n) is 2.19. The molecule has 0 N–H and O–H groups in total. The number of piperidine rings is 1. The standard InChI is InChI=1S/C10H15F6NO/c1-2-18-8(9(11,12)13,10(14,15)16)17-6-4-3-5-7-17/h2-7H2,1H3. The van der Waals surface area contributed by atoms with E-state index in [9.17, 15) is 26.3 Å². The Morgan fingerprint density at radius 3 is 1.67 bits per heavy atom. The van der Waals surface area contributed by atoms with E-state index in [0.29, 0.717) is 24.2 Å². The first-order valence-corrected chi connectivity index (χ1v) is 5.69. The molecule has 1 aliphatic rings. The Hall–Kier alpha value is -0.500. The van der Waals surface area contributed by atoms with Crippen LogP contribution in [0.15, 0.2) is 0 Å². The van der Waals surface area contributed by atoms with Crippen molar-refractivity contribution in [2.45, 2.75) is 44.3 Å². The first-order valence-electron chi connectivity index (χ1n) is 5.69. The molecule has 1 rings (SSSR count). The van der Waals surface area contributed by atoms with E-state index >= 15 is 0 Å².